The van der Waals surface area contributed by atoms with E-state index >= 15 is 0 Å². The fourth-order valence-electron chi connectivity index (χ4n) is 2.66. The van der Waals surface area contributed by atoms with Crippen molar-refractivity contribution in [3.63, 3.8) is 0 Å². The molecule has 0 spiro atoms. The first-order valence-corrected chi connectivity index (χ1v) is 9.81. The lowest BCUT2D eigenvalue weighted by atomic mass is 10.2. The van der Waals surface area contributed by atoms with Crippen LogP contribution in [0.5, 0.6) is 0 Å². The van der Waals surface area contributed by atoms with E-state index in [4.69, 9.17) is 11.6 Å². The Morgan fingerprint density at radius 1 is 1.19 bits per heavy atom. The Morgan fingerprint density at radius 3 is 2.62 bits per heavy atom. The summed E-state index contributed by atoms with van der Waals surface area (Å²) < 4.78 is 1.73. The first kappa shape index (κ1) is 18.5. The maximum absolute atomic E-state index is 12.6. The van der Waals surface area contributed by atoms with Gasteiger partial charge >= 0.3 is 0 Å². The van der Waals surface area contributed by atoms with Gasteiger partial charge in [0.25, 0.3) is 5.91 Å². The van der Waals surface area contributed by atoms with Gasteiger partial charge in [-0.2, -0.15) is 5.10 Å². The van der Waals surface area contributed by atoms with Crippen LogP contribution < -0.4 is 0 Å². The van der Waals surface area contributed by atoms with Gasteiger partial charge in [0.05, 0.1) is 18.3 Å². The first-order chi connectivity index (χ1) is 12.6. The average Bonchev–Trinajstić information content (AvgIpc) is 3.12. The highest BCUT2D eigenvalue weighted by Crippen LogP contribution is 2.18. The summed E-state index contributed by atoms with van der Waals surface area (Å²) in [6.07, 6.45) is 5.41. The van der Waals surface area contributed by atoms with E-state index in [0.717, 1.165) is 11.1 Å². The van der Waals surface area contributed by atoms with Crippen LogP contribution in [0, 0.1) is 0 Å². The van der Waals surface area contributed by atoms with Crippen LogP contribution >= 0.6 is 23.4 Å². The van der Waals surface area contributed by atoms with E-state index < -0.39 is 0 Å². The highest BCUT2D eigenvalue weighted by Gasteiger charge is 2.14. The quantitative estimate of drug-likeness (QED) is 0.583. The van der Waals surface area contributed by atoms with Crippen molar-refractivity contribution in [1.82, 2.24) is 14.7 Å². The van der Waals surface area contributed by atoms with Gasteiger partial charge in [-0.25, -0.2) is 0 Å². The molecule has 4 nitrogen and oxygen atoms in total. The zero-order valence-electron chi connectivity index (χ0n) is 14.7. The Bertz CT molecular complexity index is 892. The normalized spacial score (nSPS) is 10.7. The largest absolute Gasteiger partial charge is 0.337 e. The van der Waals surface area contributed by atoms with Crippen molar-refractivity contribution >= 4 is 29.3 Å². The van der Waals surface area contributed by atoms with Crippen molar-refractivity contribution in [1.29, 1.82) is 0 Å². The van der Waals surface area contributed by atoms with E-state index in [2.05, 4.69) is 29.4 Å². The number of carbonyl (C=O) groups excluding carboxylic acids is 1. The molecule has 0 N–H and O–H groups in total. The average molecular weight is 386 g/mol. The molecule has 1 aromatic heterocycles. The summed E-state index contributed by atoms with van der Waals surface area (Å²) >= 11 is 7.89. The van der Waals surface area contributed by atoms with Crippen molar-refractivity contribution in [3.8, 4) is 0 Å². The highest BCUT2D eigenvalue weighted by molar-refractivity contribution is 7.98. The summed E-state index contributed by atoms with van der Waals surface area (Å²) in [7, 11) is 1.80. The first-order valence-electron chi connectivity index (χ1n) is 8.21. The van der Waals surface area contributed by atoms with E-state index in [-0.39, 0.29) is 5.91 Å². The van der Waals surface area contributed by atoms with Gasteiger partial charge in [-0.1, -0.05) is 41.9 Å². The van der Waals surface area contributed by atoms with Crippen molar-refractivity contribution < 1.29 is 4.79 Å². The molecular weight excluding hydrogens is 366 g/mol. The molecule has 2 aromatic carbocycles. The van der Waals surface area contributed by atoms with Crippen LogP contribution in [0.15, 0.2) is 65.8 Å². The highest BCUT2D eigenvalue weighted by atomic mass is 35.5. The van der Waals surface area contributed by atoms with Crippen molar-refractivity contribution in [2.24, 2.45) is 0 Å². The Balaban J connectivity index is 1.65. The number of nitrogens with zero attached hydrogens (tertiary/aromatic N) is 3. The van der Waals surface area contributed by atoms with Crippen molar-refractivity contribution in [2.45, 2.75) is 18.0 Å². The van der Waals surface area contributed by atoms with Gasteiger partial charge in [-0.3, -0.25) is 9.48 Å². The Hall–Kier alpha value is -2.24. The minimum Gasteiger partial charge on any atom is -0.337 e. The van der Waals surface area contributed by atoms with Gasteiger partial charge in [-0.05, 0) is 35.6 Å². The number of hydrogen-bond acceptors (Lipinski definition) is 3. The smallest absolute Gasteiger partial charge is 0.257 e. The minimum absolute atomic E-state index is 0.0515. The second-order valence-electron chi connectivity index (χ2n) is 6.03. The molecular formula is C20H20ClN3OS. The third-order valence-corrected chi connectivity index (χ3v) is 5.21. The molecule has 0 atom stereocenters. The summed E-state index contributed by atoms with van der Waals surface area (Å²) in [4.78, 5) is 15.6. The van der Waals surface area contributed by atoms with Gasteiger partial charge in [-0.15, -0.1) is 11.8 Å². The monoisotopic (exact) mass is 385 g/mol. The number of hydrogen-bond donors (Lipinski definition) is 0. The molecule has 0 bridgehead atoms. The van der Waals surface area contributed by atoms with Crippen LogP contribution in [-0.2, 0) is 13.1 Å². The number of thioether (sulfide) groups is 1. The number of rotatable bonds is 6. The second-order valence-corrected chi connectivity index (χ2v) is 7.31. The summed E-state index contributed by atoms with van der Waals surface area (Å²) in [6, 6.07) is 15.9. The lowest BCUT2D eigenvalue weighted by Crippen LogP contribution is -2.25. The molecule has 3 aromatic rings. The molecule has 0 unspecified atom stereocenters. The van der Waals surface area contributed by atoms with Gasteiger partial charge in [0.1, 0.15) is 0 Å². The van der Waals surface area contributed by atoms with Gasteiger partial charge in [0, 0.05) is 29.7 Å². The Morgan fingerprint density at radius 2 is 1.92 bits per heavy atom. The number of amides is 1. The van der Waals surface area contributed by atoms with E-state index in [0.29, 0.717) is 23.7 Å². The third kappa shape index (κ3) is 4.48. The van der Waals surface area contributed by atoms with E-state index in [1.54, 1.807) is 40.8 Å². The molecule has 0 radical (unpaired) electrons. The van der Waals surface area contributed by atoms with E-state index in [1.807, 2.05) is 30.5 Å². The van der Waals surface area contributed by atoms with Crippen LogP contribution in [-0.4, -0.2) is 33.9 Å². The predicted octanol–water partition coefficient (Wildman–Crippen LogP) is 4.58. The second kappa shape index (κ2) is 8.43. The maximum atomic E-state index is 12.6. The molecule has 26 heavy (non-hydrogen) atoms. The zero-order chi connectivity index (χ0) is 18.5. The number of carbonyl (C=O) groups is 1. The zero-order valence-corrected chi connectivity index (χ0v) is 16.3. The third-order valence-electron chi connectivity index (χ3n) is 4.10. The number of halogens is 1. The van der Waals surface area contributed by atoms with Crippen LogP contribution in [0.25, 0.3) is 0 Å². The molecule has 0 aliphatic heterocycles. The molecule has 0 aliphatic rings. The number of benzene rings is 2. The van der Waals surface area contributed by atoms with Gasteiger partial charge in [0.2, 0.25) is 0 Å². The fraction of sp³-hybridized carbons (Fsp3) is 0.200. The van der Waals surface area contributed by atoms with E-state index in [1.165, 1.54) is 4.90 Å². The number of aromatic nitrogens is 2. The molecule has 1 amide bonds. The Labute approximate surface area is 162 Å². The van der Waals surface area contributed by atoms with Crippen molar-refractivity contribution in [3.05, 3.63) is 82.6 Å². The van der Waals surface area contributed by atoms with Crippen LogP contribution in [0.1, 0.15) is 21.5 Å². The van der Waals surface area contributed by atoms with Gasteiger partial charge in [0.15, 0.2) is 0 Å². The summed E-state index contributed by atoms with van der Waals surface area (Å²) in [5.41, 5.74) is 2.64. The van der Waals surface area contributed by atoms with Crippen molar-refractivity contribution in [2.75, 3.05) is 13.3 Å². The van der Waals surface area contributed by atoms with Gasteiger partial charge < -0.3 is 4.90 Å². The van der Waals surface area contributed by atoms with E-state index in [9.17, 15) is 4.79 Å². The molecule has 6 heteroatoms. The standard InChI is InChI=1S/C20H20ClN3OS/c1-23(12-15-7-9-18(26-2)10-8-15)20(25)17-11-22-24(14-17)13-16-5-3-4-6-19(16)21/h3-11,14H,12-13H2,1-2H3. The van der Waals surface area contributed by atoms with Crippen LogP contribution in [0.3, 0.4) is 0 Å². The van der Waals surface area contributed by atoms with Crippen LogP contribution in [0.2, 0.25) is 5.02 Å². The summed E-state index contributed by atoms with van der Waals surface area (Å²) in [5, 5.41) is 4.99. The SMILES string of the molecule is CSc1ccc(CN(C)C(=O)c2cnn(Cc3ccccc3Cl)c2)cc1. The lowest BCUT2D eigenvalue weighted by molar-refractivity contribution is 0.0785. The lowest BCUT2D eigenvalue weighted by Gasteiger charge is -2.16. The molecule has 3 rings (SSSR count). The molecule has 0 saturated carbocycles. The Kier molecular flexibility index (Phi) is 6.01. The predicted molar refractivity (Wildman–Crippen MR) is 107 cm³/mol. The molecule has 134 valence electrons. The molecule has 0 saturated heterocycles. The molecule has 0 aliphatic carbocycles. The molecule has 0 fully saturated rings. The minimum atomic E-state index is -0.0515. The summed E-state index contributed by atoms with van der Waals surface area (Å²) in [6.45, 7) is 1.09. The topological polar surface area (TPSA) is 38.1 Å². The van der Waals surface area contributed by atoms with Crippen LogP contribution in [0.4, 0.5) is 0 Å². The fourth-order valence-corrected chi connectivity index (χ4v) is 3.26. The molecule has 1 heterocycles. The maximum Gasteiger partial charge on any atom is 0.257 e. The summed E-state index contributed by atoms with van der Waals surface area (Å²) in [5.74, 6) is -0.0515.